The Kier molecular flexibility index (Phi) is 6.72. The van der Waals surface area contributed by atoms with Gasteiger partial charge in [0, 0.05) is 29.8 Å². The van der Waals surface area contributed by atoms with Gasteiger partial charge in [-0.05, 0) is 60.2 Å². The summed E-state index contributed by atoms with van der Waals surface area (Å²) in [6.07, 6.45) is 0.728. The minimum Gasteiger partial charge on any atom is -0.374 e. The molecule has 3 N–H and O–H groups in total. The molecule has 3 aromatic rings. The van der Waals surface area contributed by atoms with Crippen molar-refractivity contribution in [2.75, 3.05) is 18.4 Å². The second kappa shape index (κ2) is 9.53. The lowest BCUT2D eigenvalue weighted by Gasteiger charge is -2.35. The summed E-state index contributed by atoms with van der Waals surface area (Å²) >= 11 is 6.10. The van der Waals surface area contributed by atoms with E-state index in [2.05, 4.69) is 15.6 Å². The fourth-order valence-electron chi connectivity index (χ4n) is 4.30. The van der Waals surface area contributed by atoms with E-state index < -0.39 is 5.82 Å². The van der Waals surface area contributed by atoms with Crippen molar-refractivity contribution in [3.63, 3.8) is 0 Å². The summed E-state index contributed by atoms with van der Waals surface area (Å²) in [5.41, 5.74) is 2.81. The van der Waals surface area contributed by atoms with Crippen molar-refractivity contribution in [3.8, 4) is 0 Å². The van der Waals surface area contributed by atoms with Crippen LogP contribution in [0.3, 0.4) is 0 Å². The van der Waals surface area contributed by atoms with Crippen LogP contribution in [0.4, 0.5) is 10.1 Å². The first-order valence-electron chi connectivity index (χ1n) is 11.1. The average Bonchev–Trinajstić information content (AvgIpc) is 2.76. The maximum Gasteiger partial charge on any atom is 0.256 e. The van der Waals surface area contributed by atoms with Gasteiger partial charge in [-0.1, -0.05) is 31.5 Å². The Balaban J connectivity index is 1.50. The molecule has 1 aliphatic rings. The summed E-state index contributed by atoms with van der Waals surface area (Å²) in [7, 11) is 0. The van der Waals surface area contributed by atoms with Crippen molar-refractivity contribution < 1.29 is 9.18 Å². The molecule has 0 saturated heterocycles. The van der Waals surface area contributed by atoms with E-state index in [4.69, 9.17) is 11.6 Å². The van der Waals surface area contributed by atoms with Gasteiger partial charge in [0.1, 0.15) is 5.82 Å². The predicted molar refractivity (Wildman–Crippen MR) is 130 cm³/mol. The van der Waals surface area contributed by atoms with Gasteiger partial charge in [-0.3, -0.25) is 9.59 Å². The van der Waals surface area contributed by atoms with Crippen LogP contribution in [0.2, 0.25) is 5.02 Å². The second-order valence-electron chi connectivity index (χ2n) is 8.79. The molecule has 0 aliphatic carbocycles. The molecule has 4 rings (SSSR count). The number of aromatic amines is 1. The molecule has 2 aromatic carbocycles. The maximum atomic E-state index is 14.7. The summed E-state index contributed by atoms with van der Waals surface area (Å²) in [6.45, 7) is 7.06. The Morgan fingerprint density at radius 3 is 2.82 bits per heavy atom. The van der Waals surface area contributed by atoms with E-state index in [1.807, 2.05) is 45.0 Å². The average molecular weight is 471 g/mol. The number of hydrogen-bond donors (Lipinski definition) is 3. The molecule has 1 amide bonds. The fourth-order valence-corrected chi connectivity index (χ4v) is 4.50. The van der Waals surface area contributed by atoms with Crippen molar-refractivity contribution in [3.05, 3.63) is 74.4 Å². The van der Waals surface area contributed by atoms with E-state index in [9.17, 15) is 14.0 Å². The zero-order valence-electron chi connectivity index (χ0n) is 19.0. The molecule has 0 radical (unpaired) electrons. The first-order chi connectivity index (χ1) is 15.7. The molecule has 0 unspecified atom stereocenters. The highest BCUT2D eigenvalue weighted by Gasteiger charge is 2.27. The monoisotopic (exact) mass is 470 g/mol. The van der Waals surface area contributed by atoms with Crippen molar-refractivity contribution in [1.82, 2.24) is 15.2 Å². The highest BCUT2D eigenvalue weighted by Crippen LogP contribution is 2.31. The van der Waals surface area contributed by atoms with Crippen molar-refractivity contribution in [2.24, 2.45) is 0 Å². The Hall–Kier alpha value is -2.90. The van der Waals surface area contributed by atoms with Gasteiger partial charge in [-0.2, -0.15) is 0 Å². The van der Waals surface area contributed by atoms with Crippen LogP contribution in [0.1, 0.15) is 43.6 Å². The standard InChI is InChI=1S/C25H28ClFN4O2/c1-14(2)28-12-19-9-17-10-23(22(27)11-21(17)25(33)30-19)29-13-24(32)31-7-6-16-8-18(26)4-5-20(16)15(31)3/h4-5,8-11,14-15,28-29H,6-7,12-13H2,1-3H3,(H,30,33)/t15-/m0/s1. The van der Waals surface area contributed by atoms with Crippen LogP contribution in [0.15, 0.2) is 41.2 Å². The number of halogens is 2. The summed E-state index contributed by atoms with van der Waals surface area (Å²) in [6, 6.07) is 10.5. The quantitative estimate of drug-likeness (QED) is 0.499. The van der Waals surface area contributed by atoms with Crippen LogP contribution >= 0.6 is 11.6 Å². The highest BCUT2D eigenvalue weighted by atomic mass is 35.5. The topological polar surface area (TPSA) is 77.2 Å². The molecule has 6 nitrogen and oxygen atoms in total. The number of H-pyrrole nitrogens is 1. The molecule has 0 bridgehead atoms. The molecule has 8 heteroatoms. The summed E-state index contributed by atoms with van der Waals surface area (Å²) in [4.78, 5) is 29.9. The highest BCUT2D eigenvalue weighted by molar-refractivity contribution is 6.30. The van der Waals surface area contributed by atoms with E-state index >= 15 is 0 Å². The summed E-state index contributed by atoms with van der Waals surface area (Å²) < 4.78 is 14.7. The first kappa shape index (κ1) is 23.3. The molecular formula is C25H28ClFN4O2. The normalized spacial score (nSPS) is 15.7. The number of nitrogens with one attached hydrogen (secondary N) is 3. The van der Waals surface area contributed by atoms with Gasteiger partial charge in [0.2, 0.25) is 5.91 Å². The SMILES string of the molecule is CC(C)NCc1cc2cc(NCC(=O)N3CCc4cc(Cl)ccc4[C@@H]3C)c(F)cc2c(=O)[nH]1. The Bertz CT molecular complexity index is 1260. The van der Waals surface area contributed by atoms with E-state index in [-0.39, 0.29) is 41.2 Å². The molecule has 0 spiro atoms. The van der Waals surface area contributed by atoms with Crippen LogP contribution < -0.4 is 16.2 Å². The second-order valence-corrected chi connectivity index (χ2v) is 9.22. The van der Waals surface area contributed by atoms with Crippen LogP contribution in [0.25, 0.3) is 10.8 Å². The van der Waals surface area contributed by atoms with Crippen LogP contribution in [0.5, 0.6) is 0 Å². The van der Waals surface area contributed by atoms with E-state index in [0.29, 0.717) is 23.5 Å². The molecule has 0 fully saturated rings. The number of rotatable bonds is 6. The molecule has 1 atom stereocenters. The zero-order valence-corrected chi connectivity index (χ0v) is 19.7. The number of carbonyl (C=O) groups is 1. The summed E-state index contributed by atoms with van der Waals surface area (Å²) in [5.74, 6) is -0.684. The van der Waals surface area contributed by atoms with Gasteiger partial charge in [-0.15, -0.1) is 0 Å². The third kappa shape index (κ3) is 5.04. The smallest absolute Gasteiger partial charge is 0.256 e. The Morgan fingerprint density at radius 2 is 2.06 bits per heavy atom. The maximum absolute atomic E-state index is 14.7. The van der Waals surface area contributed by atoms with Gasteiger partial charge in [-0.25, -0.2) is 4.39 Å². The van der Waals surface area contributed by atoms with Crippen LogP contribution in [0, 0.1) is 5.82 Å². The van der Waals surface area contributed by atoms with Gasteiger partial charge >= 0.3 is 0 Å². The number of carbonyl (C=O) groups excluding carboxylic acids is 1. The van der Waals surface area contributed by atoms with E-state index in [1.165, 1.54) is 6.07 Å². The number of anilines is 1. The number of hydrogen-bond acceptors (Lipinski definition) is 4. The predicted octanol–water partition coefficient (Wildman–Crippen LogP) is 4.38. The third-order valence-corrected chi connectivity index (χ3v) is 6.32. The minimum absolute atomic E-state index is 0.0410. The molecule has 33 heavy (non-hydrogen) atoms. The lowest BCUT2D eigenvalue weighted by Crippen LogP contribution is -2.41. The number of fused-ring (bicyclic) bond motifs is 2. The van der Waals surface area contributed by atoms with Gasteiger partial charge < -0.3 is 20.5 Å². The van der Waals surface area contributed by atoms with Crippen molar-refractivity contribution >= 4 is 34.0 Å². The number of pyridine rings is 1. The van der Waals surface area contributed by atoms with Crippen LogP contribution in [-0.2, 0) is 17.8 Å². The lowest BCUT2D eigenvalue weighted by molar-refractivity contribution is -0.131. The third-order valence-electron chi connectivity index (χ3n) is 6.08. The number of amides is 1. The first-order valence-corrected chi connectivity index (χ1v) is 11.5. The van der Waals surface area contributed by atoms with Gasteiger partial charge in [0.25, 0.3) is 5.56 Å². The summed E-state index contributed by atoms with van der Waals surface area (Å²) in [5, 5.41) is 7.77. The molecular weight excluding hydrogens is 443 g/mol. The fraction of sp³-hybridized carbons (Fsp3) is 0.360. The van der Waals surface area contributed by atoms with Crippen molar-refractivity contribution in [2.45, 2.75) is 45.8 Å². The lowest BCUT2D eigenvalue weighted by atomic mass is 9.93. The number of benzene rings is 2. The number of aromatic nitrogens is 1. The molecule has 2 heterocycles. The minimum atomic E-state index is -0.569. The Labute approximate surface area is 197 Å². The Morgan fingerprint density at radius 1 is 1.27 bits per heavy atom. The van der Waals surface area contributed by atoms with Gasteiger partial charge in [0.15, 0.2) is 0 Å². The van der Waals surface area contributed by atoms with Crippen molar-refractivity contribution in [1.29, 1.82) is 0 Å². The molecule has 0 saturated carbocycles. The molecule has 1 aliphatic heterocycles. The van der Waals surface area contributed by atoms with E-state index in [0.717, 1.165) is 23.2 Å². The zero-order chi connectivity index (χ0) is 23.7. The molecule has 174 valence electrons. The largest absolute Gasteiger partial charge is 0.374 e. The number of nitrogens with zero attached hydrogens (tertiary/aromatic N) is 1. The van der Waals surface area contributed by atoms with Gasteiger partial charge in [0.05, 0.1) is 23.7 Å². The molecule has 1 aromatic heterocycles. The van der Waals surface area contributed by atoms with E-state index in [1.54, 1.807) is 11.0 Å². The van der Waals surface area contributed by atoms with Crippen LogP contribution in [-0.4, -0.2) is 34.9 Å².